The van der Waals surface area contributed by atoms with Crippen molar-refractivity contribution >= 4 is 33.7 Å². The zero-order chi connectivity index (χ0) is 17.2. The first-order chi connectivity index (χ1) is 12.2. The first-order valence-corrected chi connectivity index (χ1v) is 9.88. The molecule has 1 saturated heterocycles. The summed E-state index contributed by atoms with van der Waals surface area (Å²) in [7, 11) is 0. The van der Waals surface area contributed by atoms with Crippen LogP contribution in [0.1, 0.15) is 15.9 Å². The van der Waals surface area contributed by atoms with Crippen molar-refractivity contribution in [2.45, 2.75) is 6.92 Å². The van der Waals surface area contributed by atoms with Crippen LogP contribution in [0.5, 0.6) is 0 Å². The van der Waals surface area contributed by atoms with Crippen LogP contribution in [0.2, 0.25) is 0 Å². The number of hydrogen-bond acceptors (Lipinski definition) is 6. The van der Waals surface area contributed by atoms with Crippen molar-refractivity contribution in [3.05, 3.63) is 52.9 Å². The number of aromatic nitrogens is 2. The minimum atomic E-state index is 0.111. The number of anilines is 1. The van der Waals surface area contributed by atoms with Crippen molar-refractivity contribution in [3.63, 3.8) is 0 Å². The van der Waals surface area contributed by atoms with Crippen molar-refractivity contribution in [3.8, 4) is 9.88 Å². The highest BCUT2D eigenvalue weighted by Gasteiger charge is 2.24. The number of nitrogens with zero attached hydrogens (tertiary/aromatic N) is 4. The zero-order valence-corrected chi connectivity index (χ0v) is 15.5. The highest BCUT2D eigenvalue weighted by atomic mass is 32.1. The largest absolute Gasteiger partial charge is 0.343 e. The van der Waals surface area contributed by atoms with Crippen molar-refractivity contribution < 1.29 is 4.79 Å². The molecule has 0 aliphatic carbocycles. The maximum Gasteiger partial charge on any atom is 0.253 e. The minimum Gasteiger partial charge on any atom is -0.343 e. The van der Waals surface area contributed by atoms with Crippen molar-refractivity contribution in [2.75, 3.05) is 31.1 Å². The van der Waals surface area contributed by atoms with Crippen LogP contribution in [0.4, 0.5) is 5.13 Å². The quantitative estimate of drug-likeness (QED) is 0.708. The molecule has 0 radical (unpaired) electrons. The molecule has 3 heterocycles. The Labute approximate surface area is 154 Å². The Morgan fingerprint density at radius 1 is 1.08 bits per heavy atom. The Bertz CT molecular complexity index is 867. The van der Waals surface area contributed by atoms with Gasteiger partial charge in [-0.05, 0) is 30.5 Å². The maximum absolute atomic E-state index is 12.6. The van der Waals surface area contributed by atoms with Gasteiger partial charge in [0.1, 0.15) is 0 Å². The molecular formula is C18H18N4OS2. The Morgan fingerprint density at radius 2 is 1.92 bits per heavy atom. The lowest BCUT2D eigenvalue weighted by Gasteiger charge is -2.34. The molecular weight excluding hydrogens is 352 g/mol. The van der Waals surface area contributed by atoms with E-state index in [0.717, 1.165) is 39.2 Å². The Hall–Kier alpha value is -2.25. The number of carbonyl (C=O) groups is 1. The fraction of sp³-hybridized carbons (Fsp3) is 0.278. The Balaban J connectivity index is 1.41. The average Bonchev–Trinajstić information content (AvgIpc) is 3.32. The van der Waals surface area contributed by atoms with Crippen molar-refractivity contribution in [2.24, 2.45) is 0 Å². The van der Waals surface area contributed by atoms with E-state index >= 15 is 0 Å². The molecule has 0 bridgehead atoms. The summed E-state index contributed by atoms with van der Waals surface area (Å²) in [6, 6.07) is 11.9. The molecule has 1 aliphatic rings. The number of amides is 1. The van der Waals surface area contributed by atoms with Gasteiger partial charge in [-0.2, -0.15) is 0 Å². The first-order valence-electron chi connectivity index (χ1n) is 8.19. The molecule has 1 aromatic carbocycles. The SMILES string of the molecule is Cc1cccc(C(=O)N2CCN(c3nnc(-c4cccs4)s3)CC2)c1. The van der Waals surface area contributed by atoms with Gasteiger partial charge in [0.05, 0.1) is 4.88 Å². The van der Waals surface area contributed by atoms with E-state index < -0.39 is 0 Å². The monoisotopic (exact) mass is 370 g/mol. The molecule has 3 aromatic rings. The molecule has 2 aromatic heterocycles. The van der Waals surface area contributed by atoms with Gasteiger partial charge in [-0.15, -0.1) is 21.5 Å². The summed E-state index contributed by atoms with van der Waals surface area (Å²) in [5.41, 5.74) is 1.88. The number of benzene rings is 1. The normalized spacial score (nSPS) is 14.8. The fourth-order valence-corrected chi connectivity index (χ4v) is 4.59. The molecule has 1 amide bonds. The van der Waals surface area contributed by atoms with E-state index in [0.29, 0.717) is 13.1 Å². The molecule has 1 aliphatic heterocycles. The molecule has 7 heteroatoms. The van der Waals surface area contributed by atoms with Gasteiger partial charge < -0.3 is 9.80 Å². The molecule has 4 rings (SSSR count). The zero-order valence-electron chi connectivity index (χ0n) is 13.9. The number of aryl methyl sites for hydroxylation is 1. The van der Waals surface area contributed by atoms with Gasteiger partial charge in [0.25, 0.3) is 5.91 Å². The van der Waals surface area contributed by atoms with Crippen LogP contribution in [0.25, 0.3) is 9.88 Å². The number of piperazine rings is 1. The summed E-state index contributed by atoms with van der Waals surface area (Å²) in [4.78, 5) is 17.9. The summed E-state index contributed by atoms with van der Waals surface area (Å²) in [6.45, 7) is 5.00. The third-order valence-corrected chi connectivity index (χ3v) is 6.27. The van der Waals surface area contributed by atoms with E-state index in [-0.39, 0.29) is 5.91 Å². The van der Waals surface area contributed by atoms with Crippen molar-refractivity contribution in [1.29, 1.82) is 0 Å². The lowest BCUT2D eigenvalue weighted by molar-refractivity contribution is 0.0746. The lowest BCUT2D eigenvalue weighted by Crippen LogP contribution is -2.48. The molecule has 5 nitrogen and oxygen atoms in total. The van der Waals surface area contributed by atoms with Crippen LogP contribution in [0, 0.1) is 6.92 Å². The van der Waals surface area contributed by atoms with E-state index in [9.17, 15) is 4.79 Å². The van der Waals surface area contributed by atoms with E-state index in [1.54, 1.807) is 22.7 Å². The second kappa shape index (κ2) is 6.93. The van der Waals surface area contributed by atoms with Gasteiger partial charge in [0, 0.05) is 31.7 Å². The van der Waals surface area contributed by atoms with Crippen LogP contribution in [0.3, 0.4) is 0 Å². The summed E-state index contributed by atoms with van der Waals surface area (Å²) in [5, 5.41) is 12.6. The Morgan fingerprint density at radius 3 is 2.64 bits per heavy atom. The predicted octanol–water partition coefficient (Wildman–Crippen LogP) is 3.54. The molecule has 0 spiro atoms. The molecule has 25 heavy (non-hydrogen) atoms. The van der Waals surface area contributed by atoms with E-state index in [1.807, 2.05) is 47.5 Å². The molecule has 0 atom stereocenters. The molecule has 0 unspecified atom stereocenters. The number of rotatable bonds is 3. The van der Waals surface area contributed by atoms with Crippen LogP contribution in [-0.4, -0.2) is 47.2 Å². The lowest BCUT2D eigenvalue weighted by atomic mass is 10.1. The second-order valence-corrected chi connectivity index (χ2v) is 7.92. The first kappa shape index (κ1) is 16.2. The summed E-state index contributed by atoms with van der Waals surface area (Å²) in [6.07, 6.45) is 0. The van der Waals surface area contributed by atoms with Crippen molar-refractivity contribution in [1.82, 2.24) is 15.1 Å². The number of carbonyl (C=O) groups excluding carboxylic acids is 1. The van der Waals surface area contributed by atoms with Gasteiger partial charge >= 0.3 is 0 Å². The summed E-state index contributed by atoms with van der Waals surface area (Å²) >= 11 is 3.29. The highest BCUT2D eigenvalue weighted by molar-refractivity contribution is 7.22. The maximum atomic E-state index is 12.6. The average molecular weight is 371 g/mol. The van der Waals surface area contributed by atoms with Gasteiger partial charge in [-0.1, -0.05) is 35.1 Å². The standard InChI is InChI=1S/C18H18N4OS2/c1-13-4-2-5-14(12-13)17(23)21-7-9-22(10-8-21)18-20-19-16(25-18)15-6-3-11-24-15/h2-6,11-12H,7-10H2,1H3. The molecule has 1 fully saturated rings. The van der Waals surface area contributed by atoms with E-state index in [4.69, 9.17) is 0 Å². The predicted molar refractivity (Wildman–Crippen MR) is 103 cm³/mol. The molecule has 0 N–H and O–H groups in total. The third kappa shape index (κ3) is 3.43. The smallest absolute Gasteiger partial charge is 0.253 e. The number of thiophene rings is 1. The van der Waals surface area contributed by atoms with Gasteiger partial charge in [0.2, 0.25) is 5.13 Å². The summed E-state index contributed by atoms with van der Waals surface area (Å²) < 4.78 is 0. The molecule has 0 saturated carbocycles. The topological polar surface area (TPSA) is 49.3 Å². The van der Waals surface area contributed by atoms with Crippen LogP contribution < -0.4 is 4.90 Å². The number of hydrogen-bond donors (Lipinski definition) is 0. The fourth-order valence-electron chi connectivity index (χ4n) is 2.90. The highest BCUT2D eigenvalue weighted by Crippen LogP contribution is 2.31. The van der Waals surface area contributed by atoms with Crippen LogP contribution in [0.15, 0.2) is 41.8 Å². The van der Waals surface area contributed by atoms with Gasteiger partial charge in [0.15, 0.2) is 5.01 Å². The van der Waals surface area contributed by atoms with Gasteiger partial charge in [-0.25, -0.2) is 0 Å². The van der Waals surface area contributed by atoms with Crippen LogP contribution >= 0.6 is 22.7 Å². The van der Waals surface area contributed by atoms with Gasteiger partial charge in [-0.3, -0.25) is 4.79 Å². The minimum absolute atomic E-state index is 0.111. The second-order valence-electron chi connectivity index (χ2n) is 6.02. The summed E-state index contributed by atoms with van der Waals surface area (Å²) in [5.74, 6) is 0.111. The Kier molecular flexibility index (Phi) is 4.50. The third-order valence-electron chi connectivity index (χ3n) is 4.25. The van der Waals surface area contributed by atoms with E-state index in [2.05, 4.69) is 21.2 Å². The van der Waals surface area contributed by atoms with E-state index in [1.165, 1.54) is 0 Å². The molecule has 128 valence electrons. The van der Waals surface area contributed by atoms with Crippen LogP contribution in [-0.2, 0) is 0 Å².